The molecule has 146 valence electrons. The zero-order valence-corrected chi connectivity index (χ0v) is 17.6. The molecule has 1 amide bonds. The van der Waals surface area contributed by atoms with Gasteiger partial charge in [-0.2, -0.15) is 4.98 Å². The van der Waals surface area contributed by atoms with Gasteiger partial charge in [0.05, 0.1) is 4.88 Å². The summed E-state index contributed by atoms with van der Waals surface area (Å²) >= 11 is 1.55. The van der Waals surface area contributed by atoms with Gasteiger partial charge in [-0.05, 0) is 58.6 Å². The Balaban J connectivity index is 1.54. The van der Waals surface area contributed by atoms with E-state index in [9.17, 15) is 4.79 Å². The van der Waals surface area contributed by atoms with Crippen LogP contribution in [0, 0.1) is 20.8 Å². The second-order valence-corrected chi connectivity index (χ2v) is 8.84. The fraction of sp³-hybridized carbons (Fsp3) is 0.550. The molecule has 6 nitrogen and oxygen atoms in total. The highest BCUT2D eigenvalue weighted by Crippen LogP contribution is 2.24. The largest absolute Gasteiger partial charge is 0.362 e. The average molecular weight is 388 g/mol. The number of nitrogens with one attached hydrogen (secondary N) is 2. The molecule has 0 spiro atoms. The Kier molecular flexibility index (Phi) is 5.99. The number of carbonyl (C=O) groups is 1. The van der Waals surface area contributed by atoms with E-state index in [-0.39, 0.29) is 11.9 Å². The summed E-state index contributed by atoms with van der Waals surface area (Å²) in [6.07, 6.45) is 3.95. The molecular weight excluding hydrogens is 358 g/mol. The molecule has 0 bridgehead atoms. The number of aryl methyl sites for hydroxylation is 2. The molecular formula is C20H29N5OS. The lowest BCUT2D eigenvalue weighted by molar-refractivity contribution is 0.0930. The first-order chi connectivity index (χ1) is 12.8. The molecule has 27 heavy (non-hydrogen) atoms. The highest BCUT2D eigenvalue weighted by molar-refractivity contribution is 7.13. The second-order valence-electron chi connectivity index (χ2n) is 7.55. The second kappa shape index (κ2) is 8.25. The fourth-order valence-electron chi connectivity index (χ4n) is 3.49. The zero-order valence-electron chi connectivity index (χ0n) is 16.8. The summed E-state index contributed by atoms with van der Waals surface area (Å²) in [5.74, 6) is 1.71. The van der Waals surface area contributed by atoms with E-state index >= 15 is 0 Å². The van der Waals surface area contributed by atoms with Crippen LogP contribution >= 0.6 is 11.3 Å². The normalized spacial score (nSPS) is 19.6. The van der Waals surface area contributed by atoms with E-state index in [1.807, 2.05) is 45.0 Å². The first-order valence-electron chi connectivity index (χ1n) is 9.50. The molecule has 2 aromatic heterocycles. The smallest absolute Gasteiger partial charge is 0.261 e. The number of amides is 1. The van der Waals surface area contributed by atoms with Crippen molar-refractivity contribution in [2.45, 2.75) is 58.5 Å². The van der Waals surface area contributed by atoms with E-state index in [1.165, 1.54) is 4.88 Å². The Morgan fingerprint density at radius 1 is 1.07 bits per heavy atom. The van der Waals surface area contributed by atoms with Gasteiger partial charge in [0, 0.05) is 42.3 Å². The first-order valence-corrected chi connectivity index (χ1v) is 10.3. The Morgan fingerprint density at radius 3 is 2.33 bits per heavy atom. The van der Waals surface area contributed by atoms with Crippen LogP contribution in [0.25, 0.3) is 0 Å². The first kappa shape index (κ1) is 19.6. The van der Waals surface area contributed by atoms with Crippen molar-refractivity contribution < 1.29 is 4.79 Å². The summed E-state index contributed by atoms with van der Waals surface area (Å²) < 4.78 is 0. The Bertz CT molecular complexity index is 809. The number of carbonyl (C=O) groups excluding carboxylic acids is 1. The highest BCUT2D eigenvalue weighted by atomic mass is 32.1. The maximum atomic E-state index is 12.3. The molecule has 1 fully saturated rings. The van der Waals surface area contributed by atoms with E-state index in [0.29, 0.717) is 12.0 Å². The van der Waals surface area contributed by atoms with E-state index in [2.05, 4.69) is 27.5 Å². The third-order valence-corrected chi connectivity index (χ3v) is 6.15. The van der Waals surface area contributed by atoms with Crippen molar-refractivity contribution >= 4 is 29.0 Å². The third-order valence-electron chi connectivity index (χ3n) is 5.15. The van der Waals surface area contributed by atoms with Gasteiger partial charge in [0.15, 0.2) is 0 Å². The Morgan fingerprint density at radius 2 is 1.74 bits per heavy atom. The predicted molar refractivity (Wildman–Crippen MR) is 112 cm³/mol. The summed E-state index contributed by atoms with van der Waals surface area (Å²) in [6, 6.07) is 4.49. The van der Waals surface area contributed by atoms with Crippen LogP contribution in [-0.4, -0.2) is 42.1 Å². The molecule has 0 aromatic carbocycles. The lowest BCUT2D eigenvalue weighted by Gasteiger charge is -2.30. The van der Waals surface area contributed by atoms with Gasteiger partial charge in [-0.15, -0.1) is 11.3 Å². The minimum absolute atomic E-state index is 0.0534. The van der Waals surface area contributed by atoms with Crippen molar-refractivity contribution in [1.82, 2.24) is 15.3 Å². The molecule has 1 saturated carbocycles. The molecule has 2 aromatic rings. The monoisotopic (exact) mass is 387 g/mol. The maximum absolute atomic E-state index is 12.3. The van der Waals surface area contributed by atoms with Gasteiger partial charge in [0.25, 0.3) is 5.91 Å². The molecule has 1 aliphatic carbocycles. The number of rotatable bonds is 5. The number of hydrogen-bond acceptors (Lipinski definition) is 6. The van der Waals surface area contributed by atoms with Crippen LogP contribution in [0.5, 0.6) is 0 Å². The third kappa shape index (κ3) is 4.77. The quantitative estimate of drug-likeness (QED) is 0.819. The van der Waals surface area contributed by atoms with Crippen molar-refractivity contribution in [3.05, 3.63) is 33.1 Å². The molecule has 0 aliphatic heterocycles. The lowest BCUT2D eigenvalue weighted by atomic mass is 9.91. The van der Waals surface area contributed by atoms with Crippen LogP contribution in [0.2, 0.25) is 0 Å². The number of thiophene rings is 1. The molecule has 0 radical (unpaired) electrons. The van der Waals surface area contributed by atoms with E-state index < -0.39 is 0 Å². The van der Waals surface area contributed by atoms with Crippen molar-refractivity contribution in [2.75, 3.05) is 24.3 Å². The van der Waals surface area contributed by atoms with Crippen LogP contribution in [0.1, 0.15) is 51.5 Å². The number of hydrogen-bond donors (Lipinski definition) is 2. The molecule has 0 saturated heterocycles. The predicted octanol–water partition coefficient (Wildman–Crippen LogP) is 3.68. The van der Waals surface area contributed by atoms with E-state index in [1.54, 1.807) is 11.3 Å². The van der Waals surface area contributed by atoms with Gasteiger partial charge in [0.2, 0.25) is 5.95 Å². The summed E-state index contributed by atoms with van der Waals surface area (Å²) in [6.45, 7) is 6.10. The van der Waals surface area contributed by atoms with Crippen molar-refractivity contribution in [2.24, 2.45) is 0 Å². The molecule has 2 heterocycles. The van der Waals surface area contributed by atoms with Gasteiger partial charge in [0.1, 0.15) is 5.82 Å². The van der Waals surface area contributed by atoms with Crippen LogP contribution in [0.4, 0.5) is 11.8 Å². The summed E-state index contributed by atoms with van der Waals surface area (Å²) in [5.41, 5.74) is 2.11. The minimum Gasteiger partial charge on any atom is -0.362 e. The topological polar surface area (TPSA) is 70.2 Å². The average Bonchev–Trinajstić information content (AvgIpc) is 3.06. The van der Waals surface area contributed by atoms with Crippen molar-refractivity contribution in [3.63, 3.8) is 0 Å². The van der Waals surface area contributed by atoms with Crippen molar-refractivity contribution in [3.8, 4) is 0 Å². The maximum Gasteiger partial charge on any atom is 0.261 e. The number of anilines is 2. The number of nitrogens with zero attached hydrogens (tertiary/aromatic N) is 3. The zero-order chi connectivity index (χ0) is 19.6. The van der Waals surface area contributed by atoms with E-state index in [0.717, 1.165) is 47.6 Å². The summed E-state index contributed by atoms with van der Waals surface area (Å²) in [4.78, 5) is 25.6. The Hall–Kier alpha value is -2.15. The molecule has 1 aliphatic rings. The highest BCUT2D eigenvalue weighted by Gasteiger charge is 2.24. The molecule has 2 N–H and O–H groups in total. The molecule has 7 heteroatoms. The minimum atomic E-state index is 0.0534. The van der Waals surface area contributed by atoms with Crippen LogP contribution < -0.4 is 15.5 Å². The SMILES string of the molecule is Cc1ccc(C(=O)NC2CCC(Nc3nc(C)c(C)c(N(C)C)n3)CC2)s1. The van der Waals surface area contributed by atoms with Crippen LogP contribution in [-0.2, 0) is 0 Å². The molecule has 0 atom stereocenters. The van der Waals surface area contributed by atoms with Crippen molar-refractivity contribution in [1.29, 1.82) is 0 Å². The van der Waals surface area contributed by atoms with Crippen LogP contribution in [0.3, 0.4) is 0 Å². The molecule has 0 unspecified atom stereocenters. The van der Waals surface area contributed by atoms with Crippen LogP contribution in [0.15, 0.2) is 12.1 Å². The van der Waals surface area contributed by atoms with Gasteiger partial charge in [-0.3, -0.25) is 4.79 Å². The number of aromatic nitrogens is 2. The fourth-order valence-corrected chi connectivity index (χ4v) is 4.26. The van der Waals surface area contributed by atoms with Gasteiger partial charge < -0.3 is 15.5 Å². The van der Waals surface area contributed by atoms with Gasteiger partial charge in [-0.1, -0.05) is 0 Å². The molecule has 3 rings (SSSR count). The lowest BCUT2D eigenvalue weighted by Crippen LogP contribution is -2.40. The van der Waals surface area contributed by atoms with Gasteiger partial charge in [-0.25, -0.2) is 4.98 Å². The van der Waals surface area contributed by atoms with Gasteiger partial charge >= 0.3 is 0 Å². The standard InChI is InChI=1S/C20H29N5OS/c1-12-6-11-17(27-12)19(26)22-15-7-9-16(10-8-15)23-20-21-14(3)13(2)18(24-20)25(4)5/h6,11,15-16H,7-10H2,1-5H3,(H,22,26)(H,21,23,24). The summed E-state index contributed by atoms with van der Waals surface area (Å²) in [5, 5.41) is 6.67. The van der Waals surface area contributed by atoms with E-state index in [4.69, 9.17) is 0 Å². The summed E-state index contributed by atoms with van der Waals surface area (Å²) in [7, 11) is 4.00. The Labute approximate surface area is 165 Å².